The molecule has 0 spiro atoms. The summed E-state index contributed by atoms with van der Waals surface area (Å²) in [6.07, 6.45) is 2.14. The molecule has 2 aromatic heterocycles. The molecule has 0 fully saturated rings. The minimum Gasteiger partial charge on any atom is -0.496 e. The maximum Gasteiger partial charge on any atom is 0.134 e. The second kappa shape index (κ2) is 7.43. The molecule has 0 amide bonds. The van der Waals surface area contributed by atoms with Crippen LogP contribution in [-0.2, 0) is 6.42 Å². The number of nitrogens with one attached hydrogen (secondary N) is 1. The summed E-state index contributed by atoms with van der Waals surface area (Å²) in [6, 6.07) is 4.58. The number of rotatable bonds is 7. The molecular formula is C14H18BrNOS2. The van der Waals surface area contributed by atoms with E-state index in [0.717, 1.165) is 25.1 Å². The minimum atomic E-state index is 0.334. The smallest absolute Gasteiger partial charge is 0.134 e. The van der Waals surface area contributed by atoms with Crippen LogP contribution >= 0.6 is 38.6 Å². The normalized spacial score (nSPS) is 12.6. The van der Waals surface area contributed by atoms with Crippen LogP contribution in [0.15, 0.2) is 27.4 Å². The second-order valence-electron chi connectivity index (χ2n) is 4.30. The lowest BCUT2D eigenvalue weighted by Gasteiger charge is -2.18. The summed E-state index contributed by atoms with van der Waals surface area (Å²) in [5.41, 5.74) is 0. The first-order valence-electron chi connectivity index (χ1n) is 6.32. The quantitative estimate of drug-likeness (QED) is 0.761. The summed E-state index contributed by atoms with van der Waals surface area (Å²) in [5, 5.41) is 7.86. The SMILES string of the molecule is CCCNC(Cc1cc(Br)cs1)c1sccc1OC. The van der Waals surface area contributed by atoms with E-state index < -0.39 is 0 Å². The van der Waals surface area contributed by atoms with Crippen LogP contribution in [0.1, 0.15) is 29.1 Å². The van der Waals surface area contributed by atoms with Gasteiger partial charge in [0.05, 0.1) is 18.0 Å². The van der Waals surface area contributed by atoms with E-state index in [1.807, 2.05) is 6.07 Å². The first-order chi connectivity index (χ1) is 9.24. The Labute approximate surface area is 130 Å². The monoisotopic (exact) mass is 359 g/mol. The van der Waals surface area contributed by atoms with Gasteiger partial charge in [-0.25, -0.2) is 0 Å². The summed E-state index contributed by atoms with van der Waals surface area (Å²) in [5.74, 6) is 0.995. The van der Waals surface area contributed by atoms with E-state index in [4.69, 9.17) is 4.74 Å². The molecule has 2 aromatic rings. The minimum absolute atomic E-state index is 0.334. The van der Waals surface area contributed by atoms with Gasteiger partial charge < -0.3 is 10.1 Å². The first kappa shape index (κ1) is 15.0. The topological polar surface area (TPSA) is 21.3 Å². The van der Waals surface area contributed by atoms with Crippen molar-refractivity contribution < 1.29 is 4.74 Å². The molecule has 2 rings (SSSR count). The van der Waals surface area contributed by atoms with Crippen molar-refractivity contribution in [1.29, 1.82) is 0 Å². The fraction of sp³-hybridized carbons (Fsp3) is 0.429. The Morgan fingerprint density at radius 1 is 1.42 bits per heavy atom. The summed E-state index contributed by atoms with van der Waals surface area (Å²) in [6.45, 7) is 3.22. The van der Waals surface area contributed by atoms with E-state index in [-0.39, 0.29) is 0 Å². The van der Waals surface area contributed by atoms with Crippen LogP contribution in [0.3, 0.4) is 0 Å². The van der Waals surface area contributed by atoms with E-state index in [1.54, 1.807) is 29.8 Å². The third kappa shape index (κ3) is 4.05. The molecule has 1 atom stereocenters. The molecule has 0 bridgehead atoms. The molecule has 0 saturated carbocycles. The zero-order valence-electron chi connectivity index (χ0n) is 11.1. The van der Waals surface area contributed by atoms with Crippen LogP contribution in [0.2, 0.25) is 0 Å². The molecule has 0 aliphatic heterocycles. The van der Waals surface area contributed by atoms with Crippen LogP contribution in [0, 0.1) is 0 Å². The predicted molar refractivity (Wildman–Crippen MR) is 87.6 cm³/mol. The third-order valence-corrected chi connectivity index (χ3v) is 5.59. The maximum absolute atomic E-state index is 5.45. The van der Waals surface area contributed by atoms with Crippen molar-refractivity contribution in [3.8, 4) is 5.75 Å². The average molecular weight is 360 g/mol. The van der Waals surface area contributed by atoms with Crippen LogP contribution in [0.5, 0.6) is 5.75 Å². The van der Waals surface area contributed by atoms with E-state index in [1.165, 1.54) is 14.2 Å². The van der Waals surface area contributed by atoms with Gasteiger partial charge in [-0.05, 0) is 46.4 Å². The summed E-state index contributed by atoms with van der Waals surface area (Å²) in [7, 11) is 1.74. The first-order valence-corrected chi connectivity index (χ1v) is 8.87. The van der Waals surface area contributed by atoms with Crippen molar-refractivity contribution >= 4 is 38.6 Å². The van der Waals surface area contributed by atoms with Crippen molar-refractivity contribution in [3.05, 3.63) is 37.1 Å². The van der Waals surface area contributed by atoms with Crippen LogP contribution in [-0.4, -0.2) is 13.7 Å². The summed E-state index contributed by atoms with van der Waals surface area (Å²) < 4.78 is 6.62. The van der Waals surface area contributed by atoms with Crippen molar-refractivity contribution in [3.63, 3.8) is 0 Å². The molecular weight excluding hydrogens is 342 g/mol. The number of ether oxygens (including phenoxy) is 1. The van der Waals surface area contributed by atoms with E-state index >= 15 is 0 Å². The molecule has 19 heavy (non-hydrogen) atoms. The lowest BCUT2D eigenvalue weighted by Crippen LogP contribution is -2.23. The summed E-state index contributed by atoms with van der Waals surface area (Å²) >= 11 is 7.08. The molecule has 0 saturated heterocycles. The van der Waals surface area contributed by atoms with Gasteiger partial charge in [-0.1, -0.05) is 6.92 Å². The van der Waals surface area contributed by atoms with Crippen LogP contribution < -0.4 is 10.1 Å². The second-order valence-corrected chi connectivity index (χ2v) is 7.15. The number of thiophene rings is 2. The Hall–Kier alpha value is -0.360. The Morgan fingerprint density at radius 3 is 2.89 bits per heavy atom. The molecule has 1 N–H and O–H groups in total. The zero-order chi connectivity index (χ0) is 13.7. The highest BCUT2D eigenvalue weighted by Crippen LogP contribution is 2.34. The zero-order valence-corrected chi connectivity index (χ0v) is 14.3. The fourth-order valence-corrected chi connectivity index (χ4v) is 4.40. The Bertz CT molecular complexity index is 509. The highest BCUT2D eigenvalue weighted by atomic mass is 79.9. The Morgan fingerprint density at radius 2 is 2.26 bits per heavy atom. The average Bonchev–Trinajstić information content (AvgIpc) is 3.03. The van der Waals surface area contributed by atoms with Gasteiger partial charge in [-0.2, -0.15) is 0 Å². The van der Waals surface area contributed by atoms with Crippen molar-refractivity contribution in [2.45, 2.75) is 25.8 Å². The van der Waals surface area contributed by atoms with Gasteiger partial charge in [0.1, 0.15) is 5.75 Å². The molecule has 0 aliphatic carbocycles. The molecule has 2 nitrogen and oxygen atoms in total. The van der Waals surface area contributed by atoms with E-state index in [0.29, 0.717) is 6.04 Å². The highest BCUT2D eigenvalue weighted by molar-refractivity contribution is 9.10. The standard InChI is InChI=1S/C14H18BrNOS2/c1-3-5-16-12(8-11-7-10(15)9-19-11)14-13(17-2)4-6-18-14/h4,6-7,9,12,16H,3,5,8H2,1-2H3. The van der Waals surface area contributed by atoms with Gasteiger partial charge in [-0.15, -0.1) is 22.7 Å². The number of hydrogen-bond donors (Lipinski definition) is 1. The Balaban J connectivity index is 2.15. The number of halogens is 1. The molecule has 0 aliphatic rings. The van der Waals surface area contributed by atoms with Gasteiger partial charge in [0, 0.05) is 21.2 Å². The highest BCUT2D eigenvalue weighted by Gasteiger charge is 2.18. The van der Waals surface area contributed by atoms with Gasteiger partial charge in [-0.3, -0.25) is 0 Å². The van der Waals surface area contributed by atoms with Gasteiger partial charge in [0.15, 0.2) is 0 Å². The predicted octanol–water partition coefficient (Wildman–Crippen LogP) is 4.86. The lowest BCUT2D eigenvalue weighted by molar-refractivity contribution is 0.402. The molecule has 104 valence electrons. The Kier molecular flexibility index (Phi) is 5.88. The van der Waals surface area contributed by atoms with E-state index in [2.05, 4.69) is 45.0 Å². The fourth-order valence-electron chi connectivity index (χ4n) is 1.97. The largest absolute Gasteiger partial charge is 0.496 e. The molecule has 0 aromatic carbocycles. The molecule has 2 heterocycles. The van der Waals surface area contributed by atoms with Crippen LogP contribution in [0.4, 0.5) is 0 Å². The van der Waals surface area contributed by atoms with Gasteiger partial charge in [0.25, 0.3) is 0 Å². The third-order valence-electron chi connectivity index (χ3n) is 2.86. The van der Waals surface area contributed by atoms with Crippen molar-refractivity contribution in [2.24, 2.45) is 0 Å². The van der Waals surface area contributed by atoms with Crippen molar-refractivity contribution in [2.75, 3.05) is 13.7 Å². The number of methoxy groups -OCH3 is 1. The maximum atomic E-state index is 5.45. The lowest BCUT2D eigenvalue weighted by atomic mass is 10.1. The molecule has 1 unspecified atom stereocenters. The van der Waals surface area contributed by atoms with Crippen molar-refractivity contribution in [1.82, 2.24) is 5.32 Å². The molecule has 0 radical (unpaired) electrons. The van der Waals surface area contributed by atoms with Gasteiger partial charge in [0.2, 0.25) is 0 Å². The number of hydrogen-bond acceptors (Lipinski definition) is 4. The molecule has 5 heteroatoms. The van der Waals surface area contributed by atoms with E-state index in [9.17, 15) is 0 Å². The van der Waals surface area contributed by atoms with Crippen LogP contribution in [0.25, 0.3) is 0 Å². The summed E-state index contributed by atoms with van der Waals surface area (Å²) in [4.78, 5) is 2.68. The van der Waals surface area contributed by atoms with Gasteiger partial charge >= 0.3 is 0 Å².